The summed E-state index contributed by atoms with van der Waals surface area (Å²) in [4.78, 5) is 21.8. The smallest absolute Gasteiger partial charge is 0.315 e. The van der Waals surface area contributed by atoms with Gasteiger partial charge >= 0.3 is 12.0 Å². The Morgan fingerprint density at radius 3 is 2.35 bits per heavy atom. The van der Waals surface area contributed by atoms with Crippen LogP contribution in [0.2, 0.25) is 0 Å². The SMILES string of the molecule is O=C(O)CC1(CNC(=O)NCC(F)F)CCC1. The zero-order chi connectivity index (χ0) is 12.9. The summed E-state index contributed by atoms with van der Waals surface area (Å²) in [6.45, 7) is -0.480. The van der Waals surface area contributed by atoms with Crippen LogP contribution in [-0.4, -0.2) is 36.6 Å². The highest BCUT2D eigenvalue weighted by Crippen LogP contribution is 2.43. The molecule has 0 spiro atoms. The van der Waals surface area contributed by atoms with E-state index in [2.05, 4.69) is 5.32 Å². The van der Waals surface area contributed by atoms with Crippen molar-refractivity contribution in [2.75, 3.05) is 13.1 Å². The van der Waals surface area contributed by atoms with Crippen LogP contribution in [0.5, 0.6) is 0 Å². The lowest BCUT2D eigenvalue weighted by molar-refractivity contribution is -0.141. The normalized spacial score (nSPS) is 17.4. The van der Waals surface area contributed by atoms with Crippen LogP contribution in [0.4, 0.5) is 13.6 Å². The quantitative estimate of drug-likeness (QED) is 0.662. The molecule has 5 nitrogen and oxygen atoms in total. The third kappa shape index (κ3) is 4.54. The maximum absolute atomic E-state index is 11.8. The molecule has 98 valence electrons. The third-order valence-corrected chi connectivity index (χ3v) is 2.98. The number of urea groups is 1. The zero-order valence-electron chi connectivity index (χ0n) is 9.34. The molecule has 1 aliphatic carbocycles. The number of carboxylic acid groups (broad SMARTS) is 1. The monoisotopic (exact) mass is 250 g/mol. The molecule has 3 N–H and O–H groups in total. The number of hydrogen-bond donors (Lipinski definition) is 3. The molecule has 0 radical (unpaired) electrons. The number of rotatable bonds is 6. The summed E-state index contributed by atoms with van der Waals surface area (Å²) in [6.07, 6.45) is -0.157. The van der Waals surface area contributed by atoms with Gasteiger partial charge in [0.2, 0.25) is 0 Å². The lowest BCUT2D eigenvalue weighted by atomic mass is 9.66. The number of alkyl halides is 2. The minimum Gasteiger partial charge on any atom is -0.481 e. The molecule has 0 aromatic carbocycles. The molecule has 7 heteroatoms. The van der Waals surface area contributed by atoms with Gasteiger partial charge in [0.15, 0.2) is 0 Å². The molecule has 1 rings (SSSR count). The fraction of sp³-hybridized carbons (Fsp3) is 0.800. The van der Waals surface area contributed by atoms with Gasteiger partial charge in [0, 0.05) is 6.54 Å². The molecule has 0 aromatic rings. The molecule has 0 aromatic heterocycles. The molecule has 1 fully saturated rings. The van der Waals surface area contributed by atoms with E-state index in [9.17, 15) is 18.4 Å². The van der Waals surface area contributed by atoms with Crippen LogP contribution in [0.1, 0.15) is 25.7 Å². The Hall–Kier alpha value is -1.40. The molecule has 2 amide bonds. The van der Waals surface area contributed by atoms with Crippen LogP contribution < -0.4 is 10.6 Å². The summed E-state index contributed by atoms with van der Waals surface area (Å²) in [5.74, 6) is -0.903. The first kappa shape index (κ1) is 13.7. The first-order valence-corrected chi connectivity index (χ1v) is 5.45. The van der Waals surface area contributed by atoms with E-state index in [1.165, 1.54) is 0 Å². The molecule has 0 aliphatic heterocycles. The minimum atomic E-state index is -2.59. The van der Waals surface area contributed by atoms with Crippen molar-refractivity contribution >= 4 is 12.0 Å². The number of aliphatic carboxylic acids is 1. The number of nitrogens with one attached hydrogen (secondary N) is 2. The molecule has 17 heavy (non-hydrogen) atoms. The molecule has 0 heterocycles. The van der Waals surface area contributed by atoms with Crippen molar-refractivity contribution in [1.82, 2.24) is 10.6 Å². The van der Waals surface area contributed by atoms with Gasteiger partial charge in [0.05, 0.1) is 13.0 Å². The summed E-state index contributed by atoms with van der Waals surface area (Å²) in [5, 5.41) is 13.2. The predicted octanol–water partition coefficient (Wildman–Crippen LogP) is 1.20. The van der Waals surface area contributed by atoms with Crippen molar-refractivity contribution in [1.29, 1.82) is 0 Å². The topological polar surface area (TPSA) is 78.4 Å². The van der Waals surface area contributed by atoms with Gasteiger partial charge in [-0.1, -0.05) is 6.42 Å². The van der Waals surface area contributed by atoms with Gasteiger partial charge in [-0.25, -0.2) is 13.6 Å². The van der Waals surface area contributed by atoms with Crippen LogP contribution in [-0.2, 0) is 4.79 Å². The average molecular weight is 250 g/mol. The van der Waals surface area contributed by atoms with Crippen molar-refractivity contribution in [2.24, 2.45) is 5.41 Å². The molecule has 0 unspecified atom stereocenters. The summed E-state index contributed by atoms with van der Waals surface area (Å²) in [6, 6.07) is -0.679. The van der Waals surface area contributed by atoms with Crippen LogP contribution >= 0.6 is 0 Å². The van der Waals surface area contributed by atoms with E-state index < -0.39 is 30.4 Å². The van der Waals surface area contributed by atoms with Crippen molar-refractivity contribution in [3.05, 3.63) is 0 Å². The molecular formula is C10H16F2N2O3. The van der Waals surface area contributed by atoms with Crippen molar-refractivity contribution in [2.45, 2.75) is 32.1 Å². The lowest BCUT2D eigenvalue weighted by Crippen LogP contribution is -2.47. The van der Waals surface area contributed by atoms with Crippen LogP contribution in [0.15, 0.2) is 0 Å². The van der Waals surface area contributed by atoms with Gasteiger partial charge in [-0.15, -0.1) is 0 Å². The van der Waals surface area contributed by atoms with Gasteiger partial charge in [0.25, 0.3) is 6.43 Å². The maximum Gasteiger partial charge on any atom is 0.315 e. The van der Waals surface area contributed by atoms with Gasteiger partial charge in [-0.2, -0.15) is 0 Å². The zero-order valence-corrected chi connectivity index (χ0v) is 9.34. The molecule has 1 aliphatic rings. The van der Waals surface area contributed by atoms with E-state index >= 15 is 0 Å². The Labute approximate surface area is 97.6 Å². The highest BCUT2D eigenvalue weighted by atomic mass is 19.3. The Balaban J connectivity index is 2.28. The molecular weight excluding hydrogens is 234 g/mol. The fourth-order valence-corrected chi connectivity index (χ4v) is 1.91. The highest BCUT2D eigenvalue weighted by Gasteiger charge is 2.39. The second-order valence-electron chi connectivity index (χ2n) is 4.38. The van der Waals surface area contributed by atoms with E-state index in [-0.39, 0.29) is 13.0 Å². The minimum absolute atomic E-state index is 0.00211. The second-order valence-corrected chi connectivity index (χ2v) is 4.38. The number of amides is 2. The standard InChI is InChI=1S/C10H16F2N2O3/c11-7(12)5-13-9(17)14-6-10(2-1-3-10)4-8(15)16/h7H,1-6H2,(H,15,16)(H2,13,14,17). The number of halogens is 2. The van der Waals surface area contributed by atoms with Crippen LogP contribution in [0.3, 0.4) is 0 Å². The predicted molar refractivity (Wildman–Crippen MR) is 55.9 cm³/mol. The molecule has 0 bridgehead atoms. The van der Waals surface area contributed by atoms with Gasteiger partial charge in [-0.05, 0) is 18.3 Å². The van der Waals surface area contributed by atoms with Gasteiger partial charge in [0.1, 0.15) is 0 Å². The number of carbonyl (C=O) groups excluding carboxylic acids is 1. The largest absolute Gasteiger partial charge is 0.481 e. The molecule has 0 saturated heterocycles. The Morgan fingerprint density at radius 2 is 1.94 bits per heavy atom. The van der Waals surface area contributed by atoms with Crippen molar-refractivity contribution in [3.63, 3.8) is 0 Å². The van der Waals surface area contributed by atoms with E-state index in [0.29, 0.717) is 0 Å². The van der Waals surface area contributed by atoms with Gasteiger partial charge < -0.3 is 15.7 Å². The van der Waals surface area contributed by atoms with Crippen LogP contribution in [0.25, 0.3) is 0 Å². The average Bonchev–Trinajstić information content (AvgIpc) is 2.18. The molecule has 1 saturated carbocycles. The Bertz CT molecular complexity index is 293. The lowest BCUT2D eigenvalue weighted by Gasteiger charge is -2.40. The summed E-state index contributed by atoms with van der Waals surface area (Å²) >= 11 is 0. The first-order chi connectivity index (χ1) is 7.93. The van der Waals surface area contributed by atoms with E-state index in [1.54, 1.807) is 0 Å². The summed E-state index contributed by atoms with van der Waals surface area (Å²) in [7, 11) is 0. The highest BCUT2D eigenvalue weighted by molar-refractivity contribution is 5.74. The van der Waals surface area contributed by atoms with Gasteiger partial charge in [-0.3, -0.25) is 4.79 Å². The van der Waals surface area contributed by atoms with E-state index in [1.807, 2.05) is 5.32 Å². The summed E-state index contributed by atoms with van der Waals surface area (Å²) < 4.78 is 23.6. The second kappa shape index (κ2) is 5.79. The van der Waals surface area contributed by atoms with E-state index in [4.69, 9.17) is 5.11 Å². The first-order valence-electron chi connectivity index (χ1n) is 5.45. The summed E-state index contributed by atoms with van der Waals surface area (Å²) in [5.41, 5.74) is -0.395. The van der Waals surface area contributed by atoms with Crippen molar-refractivity contribution in [3.8, 4) is 0 Å². The van der Waals surface area contributed by atoms with E-state index in [0.717, 1.165) is 19.3 Å². The van der Waals surface area contributed by atoms with Crippen LogP contribution in [0, 0.1) is 5.41 Å². The number of carboxylic acids is 1. The number of hydrogen-bond acceptors (Lipinski definition) is 2. The molecule has 0 atom stereocenters. The Kier molecular flexibility index (Phi) is 4.65. The third-order valence-electron chi connectivity index (χ3n) is 2.98. The van der Waals surface area contributed by atoms with Crippen molar-refractivity contribution < 1.29 is 23.5 Å². The fourth-order valence-electron chi connectivity index (χ4n) is 1.91. The Morgan fingerprint density at radius 1 is 1.29 bits per heavy atom. The maximum atomic E-state index is 11.8. The number of carbonyl (C=O) groups is 2.